The average molecular weight is 433 g/mol. The second kappa shape index (κ2) is 13.5. The standard InChI is InChI=1S/C26H48N4O/c1-2-3-4-5-6-7-8-9-10-24-25(28)19-23(30-15-17-31-18-16-30)20-26(24)29-22-13-11-21(27)12-14-22/h19-22,24-25,29H,2-18,27-28H2,1H3. The number of rotatable bonds is 12. The van der Waals surface area contributed by atoms with Crippen molar-refractivity contribution in [2.45, 2.75) is 109 Å². The number of hydrogen-bond donors (Lipinski definition) is 3. The molecule has 1 saturated heterocycles. The van der Waals surface area contributed by atoms with E-state index in [1.54, 1.807) is 0 Å². The molecule has 3 aliphatic rings. The largest absolute Gasteiger partial charge is 0.385 e. The van der Waals surface area contributed by atoms with Gasteiger partial charge in [0.15, 0.2) is 0 Å². The van der Waals surface area contributed by atoms with Gasteiger partial charge in [0.2, 0.25) is 0 Å². The summed E-state index contributed by atoms with van der Waals surface area (Å²) in [6.07, 6.45) is 21.4. The lowest BCUT2D eigenvalue weighted by atomic mass is 9.84. The first-order valence-electron chi connectivity index (χ1n) is 13.2. The predicted molar refractivity (Wildman–Crippen MR) is 131 cm³/mol. The molecule has 5 nitrogen and oxygen atoms in total. The number of nitrogens with zero attached hydrogens (tertiary/aromatic N) is 1. The Kier molecular flexibility index (Phi) is 10.7. The number of ether oxygens (including phenoxy) is 1. The Morgan fingerprint density at radius 3 is 2.26 bits per heavy atom. The second-order valence-corrected chi connectivity index (χ2v) is 9.99. The van der Waals surface area contributed by atoms with Crippen LogP contribution in [0, 0.1) is 5.92 Å². The molecule has 0 bridgehead atoms. The van der Waals surface area contributed by atoms with Crippen LogP contribution in [0.3, 0.4) is 0 Å². The minimum Gasteiger partial charge on any atom is -0.385 e. The molecule has 0 spiro atoms. The normalized spacial score (nSPS) is 29.5. The van der Waals surface area contributed by atoms with Crippen LogP contribution in [0.1, 0.15) is 90.4 Å². The predicted octanol–water partition coefficient (Wildman–Crippen LogP) is 4.43. The van der Waals surface area contributed by atoms with Crippen LogP contribution in [0.5, 0.6) is 0 Å². The van der Waals surface area contributed by atoms with Crippen LogP contribution in [-0.4, -0.2) is 49.3 Å². The van der Waals surface area contributed by atoms with E-state index in [1.165, 1.54) is 82.0 Å². The van der Waals surface area contributed by atoms with Gasteiger partial charge in [0, 0.05) is 48.5 Å². The zero-order valence-corrected chi connectivity index (χ0v) is 20.0. The third-order valence-corrected chi connectivity index (χ3v) is 7.42. The van der Waals surface area contributed by atoms with E-state index < -0.39 is 0 Å². The summed E-state index contributed by atoms with van der Waals surface area (Å²) < 4.78 is 5.56. The second-order valence-electron chi connectivity index (χ2n) is 9.99. The number of nitrogens with two attached hydrogens (primary N) is 2. The fraction of sp³-hybridized carbons (Fsp3) is 0.846. The lowest BCUT2D eigenvalue weighted by Gasteiger charge is -2.38. The lowest BCUT2D eigenvalue weighted by Crippen LogP contribution is -2.44. The minimum atomic E-state index is 0.0979. The monoisotopic (exact) mass is 432 g/mol. The summed E-state index contributed by atoms with van der Waals surface area (Å²) in [5.74, 6) is 0.417. The zero-order chi connectivity index (χ0) is 21.9. The van der Waals surface area contributed by atoms with Crippen LogP contribution in [0.15, 0.2) is 23.5 Å². The van der Waals surface area contributed by atoms with Crippen molar-refractivity contribution in [2.24, 2.45) is 17.4 Å². The maximum atomic E-state index is 6.75. The molecule has 0 aromatic carbocycles. The zero-order valence-electron chi connectivity index (χ0n) is 20.0. The minimum absolute atomic E-state index is 0.0979. The number of morpholine rings is 1. The highest BCUT2D eigenvalue weighted by Gasteiger charge is 2.29. The molecule has 0 aromatic heterocycles. The Morgan fingerprint density at radius 1 is 0.935 bits per heavy atom. The summed E-state index contributed by atoms with van der Waals surface area (Å²) in [5, 5.41) is 3.93. The molecule has 5 N–H and O–H groups in total. The molecule has 0 amide bonds. The highest BCUT2D eigenvalue weighted by Crippen LogP contribution is 2.30. The van der Waals surface area contributed by atoms with E-state index in [-0.39, 0.29) is 6.04 Å². The van der Waals surface area contributed by atoms with Crippen molar-refractivity contribution in [3.05, 3.63) is 23.5 Å². The van der Waals surface area contributed by atoms with E-state index in [9.17, 15) is 0 Å². The molecule has 2 fully saturated rings. The summed E-state index contributed by atoms with van der Waals surface area (Å²) in [6.45, 7) is 5.83. The van der Waals surface area contributed by atoms with Crippen LogP contribution in [0.25, 0.3) is 0 Å². The van der Waals surface area contributed by atoms with Gasteiger partial charge < -0.3 is 26.4 Å². The van der Waals surface area contributed by atoms with Crippen molar-refractivity contribution >= 4 is 0 Å². The Balaban J connectivity index is 1.54. The molecule has 0 radical (unpaired) electrons. The van der Waals surface area contributed by atoms with Crippen LogP contribution < -0.4 is 16.8 Å². The van der Waals surface area contributed by atoms with Crippen LogP contribution >= 0.6 is 0 Å². The molecule has 2 aliphatic carbocycles. The summed E-state index contributed by atoms with van der Waals surface area (Å²) in [7, 11) is 0. The molecule has 0 aromatic rings. The van der Waals surface area contributed by atoms with E-state index >= 15 is 0 Å². The highest BCUT2D eigenvalue weighted by molar-refractivity contribution is 5.32. The van der Waals surface area contributed by atoms with E-state index in [1.807, 2.05) is 0 Å². The molecule has 3 rings (SSSR count). The van der Waals surface area contributed by atoms with Gasteiger partial charge in [0.1, 0.15) is 0 Å². The van der Waals surface area contributed by atoms with Gasteiger partial charge in [-0.3, -0.25) is 0 Å². The molecular weight excluding hydrogens is 384 g/mol. The molecule has 1 saturated carbocycles. The fourth-order valence-electron chi connectivity index (χ4n) is 5.35. The van der Waals surface area contributed by atoms with Gasteiger partial charge in [-0.05, 0) is 44.3 Å². The fourth-order valence-corrected chi connectivity index (χ4v) is 5.35. The van der Waals surface area contributed by atoms with Crippen molar-refractivity contribution in [3.8, 4) is 0 Å². The first kappa shape index (κ1) is 24.6. The van der Waals surface area contributed by atoms with Crippen LogP contribution in [0.2, 0.25) is 0 Å². The highest BCUT2D eigenvalue weighted by atomic mass is 16.5. The number of allylic oxidation sites excluding steroid dienone is 1. The first-order valence-corrected chi connectivity index (χ1v) is 13.2. The summed E-state index contributed by atoms with van der Waals surface area (Å²) in [5.41, 5.74) is 15.6. The number of unbranched alkanes of at least 4 members (excludes halogenated alkanes) is 7. The average Bonchev–Trinajstić information content (AvgIpc) is 2.79. The smallest absolute Gasteiger partial charge is 0.0642 e. The topological polar surface area (TPSA) is 76.5 Å². The van der Waals surface area contributed by atoms with Gasteiger partial charge in [-0.2, -0.15) is 0 Å². The van der Waals surface area contributed by atoms with Gasteiger partial charge in [-0.1, -0.05) is 58.3 Å². The van der Waals surface area contributed by atoms with Gasteiger partial charge >= 0.3 is 0 Å². The third-order valence-electron chi connectivity index (χ3n) is 7.42. The van der Waals surface area contributed by atoms with Gasteiger partial charge in [-0.15, -0.1) is 0 Å². The van der Waals surface area contributed by atoms with E-state index in [0.717, 1.165) is 39.1 Å². The maximum absolute atomic E-state index is 6.75. The van der Waals surface area contributed by atoms with Crippen molar-refractivity contribution in [3.63, 3.8) is 0 Å². The third kappa shape index (κ3) is 8.11. The van der Waals surface area contributed by atoms with Gasteiger partial charge in [0.05, 0.1) is 13.2 Å². The van der Waals surface area contributed by atoms with Gasteiger partial charge in [0.25, 0.3) is 0 Å². The Morgan fingerprint density at radius 2 is 1.58 bits per heavy atom. The molecule has 5 heteroatoms. The SMILES string of the molecule is CCCCCCCCCCC1C(NC2CCC(N)CC2)=CC(N2CCOCC2)=CC1N. The van der Waals surface area contributed by atoms with E-state index in [4.69, 9.17) is 16.2 Å². The Labute approximate surface area is 191 Å². The Bertz CT molecular complexity index is 562. The molecule has 2 unspecified atom stereocenters. The number of hydrogen-bond acceptors (Lipinski definition) is 5. The maximum Gasteiger partial charge on any atom is 0.0642 e. The van der Waals surface area contributed by atoms with E-state index in [0.29, 0.717) is 18.0 Å². The number of nitrogens with one attached hydrogen (secondary N) is 1. The van der Waals surface area contributed by atoms with E-state index in [2.05, 4.69) is 29.3 Å². The molecule has 178 valence electrons. The molecule has 2 atom stereocenters. The molecular formula is C26H48N4O. The summed E-state index contributed by atoms with van der Waals surface area (Å²) in [4.78, 5) is 2.44. The Hall–Kier alpha value is -1.04. The van der Waals surface area contributed by atoms with Gasteiger partial charge in [-0.25, -0.2) is 0 Å². The summed E-state index contributed by atoms with van der Waals surface area (Å²) >= 11 is 0. The van der Waals surface area contributed by atoms with Crippen molar-refractivity contribution in [1.29, 1.82) is 0 Å². The van der Waals surface area contributed by atoms with Crippen LogP contribution in [-0.2, 0) is 4.74 Å². The molecule has 1 heterocycles. The first-order chi connectivity index (χ1) is 15.2. The summed E-state index contributed by atoms with van der Waals surface area (Å²) in [6, 6.07) is 1.03. The van der Waals surface area contributed by atoms with Crippen LogP contribution in [0.4, 0.5) is 0 Å². The van der Waals surface area contributed by atoms with Crippen molar-refractivity contribution < 1.29 is 4.74 Å². The quantitative estimate of drug-likeness (QED) is 0.398. The molecule has 1 aliphatic heterocycles. The van der Waals surface area contributed by atoms with Crippen molar-refractivity contribution in [1.82, 2.24) is 10.2 Å². The lowest BCUT2D eigenvalue weighted by molar-refractivity contribution is 0.0547. The van der Waals surface area contributed by atoms with Crippen molar-refractivity contribution in [2.75, 3.05) is 26.3 Å². The molecule has 31 heavy (non-hydrogen) atoms.